The number of aromatic nitrogens is 1. The van der Waals surface area contributed by atoms with Gasteiger partial charge < -0.3 is 15.1 Å². The van der Waals surface area contributed by atoms with Crippen molar-refractivity contribution in [3.8, 4) is 0 Å². The van der Waals surface area contributed by atoms with E-state index in [1.165, 1.54) is 0 Å². The number of amides is 1. The Balaban J connectivity index is 1.84. The minimum atomic E-state index is -0.218. The van der Waals surface area contributed by atoms with Gasteiger partial charge in [0.15, 0.2) is 0 Å². The van der Waals surface area contributed by atoms with Gasteiger partial charge in [0, 0.05) is 64.2 Å². The van der Waals surface area contributed by atoms with Gasteiger partial charge >= 0.3 is 0 Å². The Labute approximate surface area is 138 Å². The van der Waals surface area contributed by atoms with E-state index in [1.54, 1.807) is 6.20 Å². The number of carbonyl (C=O) groups is 1. The molecule has 2 atom stereocenters. The number of pyridine rings is 1. The molecule has 1 N–H and O–H groups in total. The first-order valence-corrected chi connectivity index (χ1v) is 8.50. The monoisotopic (exact) mass is 317 g/mol. The van der Waals surface area contributed by atoms with Crippen LogP contribution in [0.15, 0.2) is 24.5 Å². The first kappa shape index (κ1) is 16.4. The molecular weight excluding hydrogens is 290 g/mol. The predicted octanol–water partition coefficient (Wildman–Crippen LogP) is 0.190. The van der Waals surface area contributed by atoms with Crippen LogP contribution in [0.3, 0.4) is 0 Å². The molecule has 2 saturated heterocycles. The molecule has 2 fully saturated rings. The summed E-state index contributed by atoms with van der Waals surface area (Å²) in [5, 5.41) is 3.41. The average molecular weight is 317 g/mol. The van der Waals surface area contributed by atoms with E-state index >= 15 is 0 Å². The fourth-order valence-corrected chi connectivity index (χ4v) is 3.45. The molecule has 2 unspecified atom stereocenters. The van der Waals surface area contributed by atoms with Crippen LogP contribution in [0.25, 0.3) is 0 Å². The lowest BCUT2D eigenvalue weighted by molar-refractivity contribution is -0.140. The van der Waals surface area contributed by atoms with Gasteiger partial charge in [-0.05, 0) is 25.6 Å². The van der Waals surface area contributed by atoms with Crippen LogP contribution in [0.4, 0.5) is 0 Å². The Morgan fingerprint density at radius 1 is 1.30 bits per heavy atom. The Morgan fingerprint density at radius 2 is 2.09 bits per heavy atom. The number of hydrogen-bond acceptors (Lipinski definition) is 5. The molecule has 126 valence electrons. The van der Waals surface area contributed by atoms with Crippen LogP contribution >= 0.6 is 0 Å². The number of nitrogens with one attached hydrogen (secondary N) is 1. The molecule has 2 aliphatic rings. The lowest BCUT2D eigenvalue weighted by Crippen LogP contribution is -2.56. The molecule has 23 heavy (non-hydrogen) atoms. The molecule has 3 heterocycles. The molecule has 1 amide bonds. The summed E-state index contributed by atoms with van der Waals surface area (Å²) < 4.78 is 0. The van der Waals surface area contributed by atoms with Crippen molar-refractivity contribution in [1.82, 2.24) is 25.0 Å². The maximum absolute atomic E-state index is 13.3. The average Bonchev–Trinajstić information content (AvgIpc) is 2.58. The molecule has 0 aromatic carbocycles. The summed E-state index contributed by atoms with van der Waals surface area (Å²) in [5.74, 6) is 0.222. The van der Waals surface area contributed by atoms with Gasteiger partial charge in [0.05, 0.1) is 0 Å². The highest BCUT2D eigenvalue weighted by Gasteiger charge is 2.35. The van der Waals surface area contributed by atoms with Gasteiger partial charge in [-0.25, -0.2) is 0 Å². The van der Waals surface area contributed by atoms with Gasteiger partial charge in [-0.2, -0.15) is 0 Å². The van der Waals surface area contributed by atoms with Crippen molar-refractivity contribution in [3.05, 3.63) is 30.1 Å². The van der Waals surface area contributed by atoms with Crippen LogP contribution in [0.2, 0.25) is 0 Å². The third-order valence-electron chi connectivity index (χ3n) is 4.93. The van der Waals surface area contributed by atoms with E-state index in [0.29, 0.717) is 6.04 Å². The van der Waals surface area contributed by atoms with E-state index in [4.69, 9.17) is 0 Å². The smallest absolute Gasteiger partial charge is 0.244 e. The van der Waals surface area contributed by atoms with Crippen LogP contribution in [0.1, 0.15) is 18.5 Å². The molecule has 3 rings (SSSR count). The van der Waals surface area contributed by atoms with Crippen LogP contribution in [-0.4, -0.2) is 84.5 Å². The number of likely N-dealkylation sites (N-methyl/N-ethyl adjacent to an activating group) is 1. The van der Waals surface area contributed by atoms with Crippen molar-refractivity contribution < 1.29 is 4.79 Å². The zero-order valence-electron chi connectivity index (χ0n) is 14.1. The van der Waals surface area contributed by atoms with Crippen molar-refractivity contribution in [2.75, 3.05) is 52.9 Å². The molecule has 0 saturated carbocycles. The third-order valence-corrected chi connectivity index (χ3v) is 4.93. The zero-order chi connectivity index (χ0) is 16.2. The lowest BCUT2D eigenvalue weighted by atomic mass is 10.0. The van der Waals surface area contributed by atoms with Crippen LogP contribution in [-0.2, 0) is 4.79 Å². The quantitative estimate of drug-likeness (QED) is 0.862. The fraction of sp³-hybridized carbons (Fsp3) is 0.647. The number of nitrogens with zero attached hydrogens (tertiary/aromatic N) is 4. The SMILES string of the molecule is CC1CNCCN1C(C(=O)N1CCN(C)CC1)c1cccnc1. The van der Waals surface area contributed by atoms with Crippen molar-refractivity contribution in [1.29, 1.82) is 0 Å². The summed E-state index contributed by atoms with van der Waals surface area (Å²) >= 11 is 0. The summed E-state index contributed by atoms with van der Waals surface area (Å²) in [6, 6.07) is 4.07. The number of rotatable bonds is 3. The van der Waals surface area contributed by atoms with Gasteiger partial charge in [-0.3, -0.25) is 14.7 Å². The standard InChI is InChI=1S/C17H27N5O/c1-14-12-19-6-7-22(14)16(15-4-3-5-18-13-15)17(23)21-10-8-20(2)9-11-21/h3-5,13-14,16,19H,6-12H2,1-2H3. The Hall–Kier alpha value is -1.50. The van der Waals surface area contributed by atoms with Crippen molar-refractivity contribution in [2.24, 2.45) is 0 Å². The molecule has 6 nitrogen and oxygen atoms in total. The number of piperazine rings is 2. The summed E-state index contributed by atoms with van der Waals surface area (Å²) in [6.45, 7) is 8.45. The van der Waals surface area contributed by atoms with Gasteiger partial charge in [-0.1, -0.05) is 6.07 Å². The van der Waals surface area contributed by atoms with Crippen molar-refractivity contribution in [2.45, 2.75) is 19.0 Å². The summed E-state index contributed by atoms with van der Waals surface area (Å²) in [5.41, 5.74) is 1.00. The second kappa shape index (κ2) is 7.38. The number of hydrogen-bond donors (Lipinski definition) is 1. The molecule has 2 aliphatic heterocycles. The fourth-order valence-electron chi connectivity index (χ4n) is 3.45. The normalized spacial score (nSPS) is 25.3. The maximum Gasteiger partial charge on any atom is 0.244 e. The molecule has 0 bridgehead atoms. The summed E-state index contributed by atoms with van der Waals surface area (Å²) in [6.07, 6.45) is 3.61. The van der Waals surface area contributed by atoms with Crippen LogP contribution in [0.5, 0.6) is 0 Å². The lowest BCUT2D eigenvalue weighted by Gasteiger charge is -2.42. The van der Waals surface area contributed by atoms with Crippen molar-refractivity contribution in [3.63, 3.8) is 0 Å². The molecule has 1 aromatic rings. The van der Waals surface area contributed by atoms with Crippen LogP contribution in [0, 0.1) is 0 Å². The Morgan fingerprint density at radius 3 is 2.74 bits per heavy atom. The maximum atomic E-state index is 13.3. The first-order valence-electron chi connectivity index (χ1n) is 8.50. The zero-order valence-corrected chi connectivity index (χ0v) is 14.1. The highest BCUT2D eigenvalue weighted by atomic mass is 16.2. The second-order valence-corrected chi connectivity index (χ2v) is 6.61. The number of carbonyl (C=O) groups excluding carboxylic acids is 1. The van der Waals surface area contributed by atoms with Crippen LogP contribution < -0.4 is 5.32 Å². The van der Waals surface area contributed by atoms with E-state index in [-0.39, 0.29) is 11.9 Å². The summed E-state index contributed by atoms with van der Waals surface area (Å²) in [4.78, 5) is 24.1. The Kier molecular flexibility index (Phi) is 5.25. The van der Waals surface area contributed by atoms with E-state index in [1.807, 2.05) is 23.2 Å². The Bertz CT molecular complexity index is 515. The molecule has 0 spiro atoms. The first-order chi connectivity index (χ1) is 11.2. The van der Waals surface area contributed by atoms with Gasteiger partial charge in [0.2, 0.25) is 5.91 Å². The van der Waals surface area contributed by atoms with Gasteiger partial charge in [0.1, 0.15) is 6.04 Å². The molecule has 0 aliphatic carbocycles. The summed E-state index contributed by atoms with van der Waals surface area (Å²) in [7, 11) is 2.11. The molecule has 6 heteroatoms. The second-order valence-electron chi connectivity index (χ2n) is 6.61. The topological polar surface area (TPSA) is 51.7 Å². The van der Waals surface area contributed by atoms with E-state index < -0.39 is 0 Å². The highest BCUT2D eigenvalue weighted by molar-refractivity contribution is 5.83. The minimum Gasteiger partial charge on any atom is -0.338 e. The van der Waals surface area contributed by atoms with Crippen molar-refractivity contribution >= 4 is 5.91 Å². The van der Waals surface area contributed by atoms with E-state index in [2.05, 4.69) is 34.1 Å². The third kappa shape index (κ3) is 3.71. The van der Waals surface area contributed by atoms with Gasteiger partial charge in [0.25, 0.3) is 0 Å². The molecule has 0 radical (unpaired) electrons. The predicted molar refractivity (Wildman–Crippen MR) is 90.1 cm³/mol. The molecular formula is C17H27N5O. The van der Waals surface area contributed by atoms with E-state index in [0.717, 1.165) is 51.4 Å². The largest absolute Gasteiger partial charge is 0.338 e. The van der Waals surface area contributed by atoms with E-state index in [9.17, 15) is 4.79 Å². The highest BCUT2D eigenvalue weighted by Crippen LogP contribution is 2.26. The van der Waals surface area contributed by atoms with Gasteiger partial charge in [-0.15, -0.1) is 0 Å². The minimum absolute atomic E-state index is 0.218. The molecule has 1 aromatic heterocycles.